The molecule has 0 aromatic heterocycles. The summed E-state index contributed by atoms with van der Waals surface area (Å²) in [4.78, 5) is 2.03. The van der Waals surface area contributed by atoms with Crippen molar-refractivity contribution in [3.8, 4) is 6.07 Å². The Kier molecular flexibility index (Phi) is 6.47. The van der Waals surface area contributed by atoms with Gasteiger partial charge in [0.2, 0.25) is 10.0 Å². The minimum absolute atomic E-state index is 0.0857. The van der Waals surface area contributed by atoms with Crippen LogP contribution in [0.4, 0.5) is 4.39 Å². The quantitative estimate of drug-likeness (QED) is 0.741. The molecule has 1 fully saturated rings. The molecular weight excluding hydrogens is 321 g/mol. The van der Waals surface area contributed by atoms with Gasteiger partial charge in [0.15, 0.2) is 0 Å². The molecule has 0 spiro atoms. The minimum Gasteiger partial charge on any atom is -0.379 e. The number of halogens is 1. The van der Waals surface area contributed by atoms with Crippen LogP contribution in [0, 0.1) is 17.1 Å². The molecule has 6 nitrogen and oxygen atoms in total. The average Bonchev–Trinajstić information content (AvgIpc) is 2.55. The fraction of sp³-hybridized carbons (Fsp3) is 0.533. The lowest BCUT2D eigenvalue weighted by molar-refractivity contribution is 0.0363. The Bertz CT molecular complexity index is 654. The molecule has 0 unspecified atom stereocenters. The summed E-state index contributed by atoms with van der Waals surface area (Å²) in [6, 6.07) is 6.90. The summed E-state index contributed by atoms with van der Waals surface area (Å²) < 4.78 is 45.2. The Morgan fingerprint density at radius 3 is 2.70 bits per heavy atom. The first-order valence-electron chi connectivity index (χ1n) is 7.47. The number of nitrogens with zero attached hydrogens (tertiary/aromatic N) is 3. The van der Waals surface area contributed by atoms with Gasteiger partial charge in [-0.05, 0) is 18.2 Å². The fourth-order valence-corrected chi connectivity index (χ4v) is 3.84. The van der Waals surface area contributed by atoms with Crippen molar-refractivity contribution >= 4 is 10.0 Å². The van der Waals surface area contributed by atoms with Crippen molar-refractivity contribution in [3.05, 3.63) is 30.1 Å². The van der Waals surface area contributed by atoms with Crippen molar-refractivity contribution < 1.29 is 17.5 Å². The second kappa shape index (κ2) is 8.36. The van der Waals surface area contributed by atoms with Gasteiger partial charge in [-0.25, -0.2) is 12.8 Å². The zero-order valence-corrected chi connectivity index (χ0v) is 13.6. The highest BCUT2D eigenvalue weighted by atomic mass is 32.2. The smallest absolute Gasteiger partial charge is 0.243 e. The maximum absolute atomic E-state index is 13.3. The second-order valence-corrected chi connectivity index (χ2v) is 7.16. The molecule has 0 saturated carbocycles. The highest BCUT2D eigenvalue weighted by Gasteiger charge is 2.25. The standard InChI is InChI=1S/C15H20FN3O3S/c16-14-3-1-4-15(13-14)23(20,21)19(6-2-5-17)8-7-18-9-11-22-12-10-18/h1,3-4,13H,2,6-12H2. The molecule has 1 aliphatic heterocycles. The summed E-state index contributed by atoms with van der Waals surface area (Å²) in [5.74, 6) is -0.598. The zero-order chi connectivity index (χ0) is 16.7. The number of rotatable bonds is 7. The topological polar surface area (TPSA) is 73.6 Å². The van der Waals surface area contributed by atoms with Crippen molar-refractivity contribution in [1.29, 1.82) is 5.26 Å². The van der Waals surface area contributed by atoms with E-state index in [1.807, 2.05) is 6.07 Å². The molecule has 126 valence electrons. The van der Waals surface area contributed by atoms with E-state index in [-0.39, 0.29) is 24.4 Å². The predicted molar refractivity (Wildman–Crippen MR) is 82.6 cm³/mol. The van der Waals surface area contributed by atoms with Crippen LogP contribution in [-0.2, 0) is 14.8 Å². The van der Waals surface area contributed by atoms with Crippen LogP contribution >= 0.6 is 0 Å². The molecule has 0 amide bonds. The number of ether oxygens (including phenoxy) is 1. The SMILES string of the molecule is N#CCCN(CCN1CCOCC1)S(=O)(=O)c1cccc(F)c1. The van der Waals surface area contributed by atoms with Gasteiger partial charge in [-0.2, -0.15) is 9.57 Å². The van der Waals surface area contributed by atoms with Gasteiger partial charge in [0.25, 0.3) is 0 Å². The molecule has 0 atom stereocenters. The molecule has 23 heavy (non-hydrogen) atoms. The second-order valence-electron chi connectivity index (χ2n) is 5.22. The first-order chi connectivity index (χ1) is 11.0. The summed E-state index contributed by atoms with van der Waals surface area (Å²) in [6.07, 6.45) is 0.0949. The van der Waals surface area contributed by atoms with Crippen LogP contribution in [-0.4, -0.2) is 63.6 Å². The van der Waals surface area contributed by atoms with E-state index in [9.17, 15) is 12.8 Å². The summed E-state index contributed by atoms with van der Waals surface area (Å²) in [6.45, 7) is 3.70. The molecule has 8 heteroatoms. The lowest BCUT2D eigenvalue weighted by Gasteiger charge is -2.29. The van der Waals surface area contributed by atoms with Gasteiger partial charge < -0.3 is 4.74 Å². The number of hydrogen-bond acceptors (Lipinski definition) is 5. The molecule has 1 aromatic rings. The fourth-order valence-electron chi connectivity index (χ4n) is 2.38. The molecule has 2 rings (SSSR count). The van der Waals surface area contributed by atoms with Gasteiger partial charge in [0.1, 0.15) is 5.82 Å². The van der Waals surface area contributed by atoms with E-state index in [1.54, 1.807) is 0 Å². The van der Waals surface area contributed by atoms with Crippen molar-refractivity contribution in [2.24, 2.45) is 0 Å². The largest absolute Gasteiger partial charge is 0.379 e. The Morgan fingerprint density at radius 1 is 1.30 bits per heavy atom. The maximum atomic E-state index is 13.3. The Balaban J connectivity index is 2.11. The van der Waals surface area contributed by atoms with E-state index in [2.05, 4.69) is 4.90 Å². The predicted octanol–water partition coefficient (Wildman–Crippen LogP) is 1.06. The summed E-state index contributed by atoms with van der Waals surface area (Å²) in [5.41, 5.74) is 0. The molecule has 0 N–H and O–H groups in total. The van der Waals surface area contributed by atoms with Gasteiger partial charge in [-0.1, -0.05) is 6.07 Å². The molecule has 0 bridgehead atoms. The number of sulfonamides is 1. The highest BCUT2D eigenvalue weighted by molar-refractivity contribution is 7.89. The van der Waals surface area contributed by atoms with E-state index >= 15 is 0 Å². The van der Waals surface area contributed by atoms with E-state index in [0.29, 0.717) is 19.8 Å². The van der Waals surface area contributed by atoms with Crippen LogP contribution in [0.1, 0.15) is 6.42 Å². The third-order valence-electron chi connectivity index (χ3n) is 3.68. The lowest BCUT2D eigenvalue weighted by Crippen LogP contribution is -2.43. The van der Waals surface area contributed by atoms with Crippen LogP contribution in [0.15, 0.2) is 29.2 Å². The normalized spacial score (nSPS) is 16.4. The number of hydrogen-bond donors (Lipinski definition) is 0. The lowest BCUT2D eigenvalue weighted by atomic mass is 10.4. The van der Waals surface area contributed by atoms with E-state index < -0.39 is 15.8 Å². The first kappa shape index (κ1) is 17.8. The Labute approximate surface area is 136 Å². The van der Waals surface area contributed by atoms with Crippen LogP contribution in [0.5, 0.6) is 0 Å². The maximum Gasteiger partial charge on any atom is 0.243 e. The van der Waals surface area contributed by atoms with Crippen molar-refractivity contribution in [2.75, 3.05) is 45.9 Å². The van der Waals surface area contributed by atoms with Crippen LogP contribution < -0.4 is 0 Å². The van der Waals surface area contributed by atoms with Gasteiger partial charge >= 0.3 is 0 Å². The molecule has 1 aromatic carbocycles. The van der Waals surface area contributed by atoms with Crippen LogP contribution in [0.2, 0.25) is 0 Å². The van der Waals surface area contributed by atoms with Crippen molar-refractivity contribution in [3.63, 3.8) is 0 Å². The Morgan fingerprint density at radius 2 is 2.04 bits per heavy atom. The van der Waals surface area contributed by atoms with Crippen LogP contribution in [0.3, 0.4) is 0 Å². The van der Waals surface area contributed by atoms with E-state index in [4.69, 9.17) is 10.00 Å². The van der Waals surface area contributed by atoms with Gasteiger partial charge in [0, 0.05) is 39.1 Å². The van der Waals surface area contributed by atoms with E-state index in [1.165, 1.54) is 22.5 Å². The zero-order valence-electron chi connectivity index (χ0n) is 12.8. The molecular formula is C15H20FN3O3S. The third kappa shape index (κ3) is 4.97. The van der Waals surface area contributed by atoms with Gasteiger partial charge in [-0.15, -0.1) is 0 Å². The molecule has 1 heterocycles. The van der Waals surface area contributed by atoms with Gasteiger partial charge in [-0.3, -0.25) is 4.90 Å². The molecule has 0 radical (unpaired) electrons. The molecule has 0 aliphatic carbocycles. The Hall–Kier alpha value is -1.53. The first-order valence-corrected chi connectivity index (χ1v) is 8.91. The summed E-state index contributed by atoms with van der Waals surface area (Å²) >= 11 is 0. The molecule has 1 aliphatic rings. The number of morpholine rings is 1. The van der Waals surface area contributed by atoms with Crippen LogP contribution in [0.25, 0.3) is 0 Å². The number of nitriles is 1. The summed E-state index contributed by atoms with van der Waals surface area (Å²) in [7, 11) is -3.81. The molecule has 1 saturated heterocycles. The average molecular weight is 341 g/mol. The van der Waals surface area contributed by atoms with Crippen molar-refractivity contribution in [2.45, 2.75) is 11.3 Å². The van der Waals surface area contributed by atoms with E-state index in [0.717, 1.165) is 19.2 Å². The van der Waals surface area contributed by atoms with Crippen molar-refractivity contribution in [1.82, 2.24) is 9.21 Å². The monoisotopic (exact) mass is 341 g/mol. The summed E-state index contributed by atoms with van der Waals surface area (Å²) in [5, 5.41) is 8.75. The third-order valence-corrected chi connectivity index (χ3v) is 5.57. The highest BCUT2D eigenvalue weighted by Crippen LogP contribution is 2.17. The van der Waals surface area contributed by atoms with Gasteiger partial charge in [0.05, 0.1) is 24.2 Å². The minimum atomic E-state index is -3.81. The number of benzene rings is 1.